The normalized spacial score (nSPS) is 28.0. The van der Waals surface area contributed by atoms with Crippen LogP contribution in [0.25, 0.3) is 0 Å². The number of ether oxygens (including phenoxy) is 1. The predicted molar refractivity (Wildman–Crippen MR) is 75.0 cm³/mol. The van der Waals surface area contributed by atoms with Crippen molar-refractivity contribution < 1.29 is 4.74 Å². The summed E-state index contributed by atoms with van der Waals surface area (Å²) < 4.78 is 5.38. The third-order valence-electron chi connectivity index (χ3n) is 4.36. The largest absolute Gasteiger partial charge is 0.383 e. The second-order valence-electron chi connectivity index (χ2n) is 5.60. The minimum atomic E-state index is 0.544. The van der Waals surface area contributed by atoms with Gasteiger partial charge in [-0.1, -0.05) is 6.92 Å². The van der Waals surface area contributed by atoms with Gasteiger partial charge in [0.1, 0.15) is 0 Å². The van der Waals surface area contributed by atoms with E-state index in [4.69, 9.17) is 4.74 Å². The molecule has 0 aliphatic carbocycles. The average Bonchev–Trinajstić information content (AvgIpc) is 3.03. The lowest BCUT2D eigenvalue weighted by Crippen LogP contribution is -2.45. The number of hydrogen-bond acceptors (Lipinski definition) is 4. The van der Waals surface area contributed by atoms with Crippen LogP contribution in [0.4, 0.5) is 0 Å². The van der Waals surface area contributed by atoms with Gasteiger partial charge in [0.25, 0.3) is 0 Å². The molecule has 0 spiro atoms. The van der Waals surface area contributed by atoms with Crippen molar-refractivity contribution in [2.45, 2.75) is 38.3 Å². The summed E-state index contributed by atoms with van der Waals surface area (Å²) in [6.07, 6.45) is 4.14. The molecule has 0 radical (unpaired) electrons. The minimum absolute atomic E-state index is 0.544. The Kier molecular flexibility index (Phi) is 5.89. The van der Waals surface area contributed by atoms with E-state index in [1.165, 1.54) is 45.4 Å². The van der Waals surface area contributed by atoms with Gasteiger partial charge in [0.05, 0.1) is 6.61 Å². The van der Waals surface area contributed by atoms with E-state index in [0.717, 1.165) is 25.7 Å². The molecule has 0 aromatic rings. The van der Waals surface area contributed by atoms with E-state index in [0.29, 0.717) is 6.04 Å². The maximum atomic E-state index is 5.38. The van der Waals surface area contributed by atoms with Crippen LogP contribution in [0.15, 0.2) is 0 Å². The summed E-state index contributed by atoms with van der Waals surface area (Å²) in [5, 5.41) is 3.46. The summed E-state index contributed by atoms with van der Waals surface area (Å²) in [4.78, 5) is 5.31. The number of likely N-dealkylation sites (N-methyl/N-ethyl adjacent to an activating group) is 1. The van der Waals surface area contributed by atoms with Crippen LogP contribution in [-0.4, -0.2) is 74.9 Å². The minimum Gasteiger partial charge on any atom is -0.383 e. The molecule has 2 unspecified atom stereocenters. The summed E-state index contributed by atoms with van der Waals surface area (Å²) in [5.41, 5.74) is 0. The molecule has 0 saturated carbocycles. The number of nitrogens with zero attached hydrogens (tertiary/aromatic N) is 2. The monoisotopic (exact) mass is 255 g/mol. The topological polar surface area (TPSA) is 27.7 Å². The molecule has 0 aromatic heterocycles. The van der Waals surface area contributed by atoms with Gasteiger partial charge in [0, 0.05) is 38.8 Å². The van der Waals surface area contributed by atoms with Crippen molar-refractivity contribution >= 4 is 0 Å². The molecular formula is C14H29N3O. The summed E-state index contributed by atoms with van der Waals surface area (Å²) in [7, 11) is 1.81. The van der Waals surface area contributed by atoms with Gasteiger partial charge < -0.3 is 10.1 Å². The molecular weight excluding hydrogens is 226 g/mol. The van der Waals surface area contributed by atoms with Gasteiger partial charge in [-0.3, -0.25) is 9.80 Å². The van der Waals surface area contributed by atoms with Crippen molar-refractivity contribution in [2.24, 2.45) is 0 Å². The molecule has 2 atom stereocenters. The molecule has 0 amide bonds. The standard InChI is InChI=1S/C14H29N3O/c1-3-15-10-14(12-18-2)17-9-6-13(11-17)16-7-4-5-8-16/h13-15H,3-12H2,1-2H3. The lowest BCUT2D eigenvalue weighted by molar-refractivity contribution is 0.0987. The van der Waals surface area contributed by atoms with Crippen LogP contribution in [0.1, 0.15) is 26.2 Å². The zero-order valence-corrected chi connectivity index (χ0v) is 12.0. The van der Waals surface area contributed by atoms with Crippen molar-refractivity contribution in [1.29, 1.82) is 0 Å². The zero-order chi connectivity index (χ0) is 12.8. The van der Waals surface area contributed by atoms with Gasteiger partial charge in [-0.05, 0) is 38.9 Å². The Morgan fingerprint density at radius 3 is 2.72 bits per heavy atom. The van der Waals surface area contributed by atoms with E-state index >= 15 is 0 Å². The summed E-state index contributed by atoms with van der Waals surface area (Å²) in [5.74, 6) is 0. The average molecular weight is 255 g/mol. The predicted octanol–water partition coefficient (Wildman–Crippen LogP) is 0.781. The molecule has 2 aliphatic heterocycles. The first-order valence-electron chi connectivity index (χ1n) is 7.53. The lowest BCUT2D eigenvalue weighted by Gasteiger charge is -2.29. The summed E-state index contributed by atoms with van der Waals surface area (Å²) in [6.45, 7) is 10.2. The first kappa shape index (κ1) is 14.3. The Labute approximate surface area is 112 Å². The van der Waals surface area contributed by atoms with Crippen LogP contribution in [-0.2, 0) is 4.74 Å². The number of nitrogens with one attached hydrogen (secondary N) is 1. The van der Waals surface area contributed by atoms with E-state index in [-0.39, 0.29) is 0 Å². The SMILES string of the molecule is CCNCC(COC)N1CCC(N2CCCC2)C1. The third-order valence-corrected chi connectivity index (χ3v) is 4.36. The van der Waals surface area contributed by atoms with Gasteiger partial charge in [0.15, 0.2) is 0 Å². The van der Waals surface area contributed by atoms with E-state index in [1.54, 1.807) is 0 Å². The lowest BCUT2D eigenvalue weighted by atomic mass is 10.2. The molecule has 4 nitrogen and oxygen atoms in total. The smallest absolute Gasteiger partial charge is 0.0630 e. The number of rotatable bonds is 7. The first-order chi connectivity index (χ1) is 8.85. The third kappa shape index (κ3) is 3.67. The van der Waals surface area contributed by atoms with Gasteiger partial charge in [0.2, 0.25) is 0 Å². The van der Waals surface area contributed by atoms with E-state index in [2.05, 4.69) is 22.0 Å². The van der Waals surface area contributed by atoms with Gasteiger partial charge in [-0.25, -0.2) is 0 Å². The fraction of sp³-hybridized carbons (Fsp3) is 1.00. The summed E-state index contributed by atoms with van der Waals surface area (Å²) in [6, 6.07) is 1.34. The van der Waals surface area contributed by atoms with Crippen LogP contribution in [0.2, 0.25) is 0 Å². The second-order valence-corrected chi connectivity index (χ2v) is 5.60. The van der Waals surface area contributed by atoms with Crippen LogP contribution < -0.4 is 5.32 Å². The molecule has 0 bridgehead atoms. The fourth-order valence-electron chi connectivity index (χ4n) is 3.30. The van der Waals surface area contributed by atoms with Gasteiger partial charge in [-0.2, -0.15) is 0 Å². The quantitative estimate of drug-likeness (QED) is 0.728. The molecule has 106 valence electrons. The second kappa shape index (κ2) is 7.43. The van der Waals surface area contributed by atoms with Crippen LogP contribution in [0.5, 0.6) is 0 Å². The number of likely N-dealkylation sites (tertiary alicyclic amines) is 2. The summed E-state index contributed by atoms with van der Waals surface area (Å²) >= 11 is 0. The molecule has 2 rings (SSSR count). The fourth-order valence-corrected chi connectivity index (χ4v) is 3.30. The number of hydrogen-bond donors (Lipinski definition) is 1. The maximum absolute atomic E-state index is 5.38. The van der Waals surface area contributed by atoms with Crippen molar-refractivity contribution in [3.05, 3.63) is 0 Å². The Balaban J connectivity index is 1.80. The molecule has 1 N–H and O–H groups in total. The van der Waals surface area contributed by atoms with Crippen molar-refractivity contribution in [1.82, 2.24) is 15.1 Å². The number of methoxy groups -OCH3 is 1. The van der Waals surface area contributed by atoms with Crippen LogP contribution >= 0.6 is 0 Å². The Hall–Kier alpha value is -0.160. The van der Waals surface area contributed by atoms with Crippen molar-refractivity contribution in [3.63, 3.8) is 0 Å². The highest BCUT2D eigenvalue weighted by Crippen LogP contribution is 2.21. The molecule has 0 aromatic carbocycles. The highest BCUT2D eigenvalue weighted by molar-refractivity contribution is 4.89. The Bertz CT molecular complexity index is 231. The van der Waals surface area contributed by atoms with Gasteiger partial charge in [-0.15, -0.1) is 0 Å². The van der Waals surface area contributed by atoms with E-state index in [1.807, 2.05) is 7.11 Å². The van der Waals surface area contributed by atoms with Crippen molar-refractivity contribution in [3.8, 4) is 0 Å². The maximum Gasteiger partial charge on any atom is 0.0630 e. The van der Waals surface area contributed by atoms with E-state index in [9.17, 15) is 0 Å². The van der Waals surface area contributed by atoms with Crippen LogP contribution in [0, 0.1) is 0 Å². The van der Waals surface area contributed by atoms with Gasteiger partial charge >= 0.3 is 0 Å². The molecule has 2 saturated heterocycles. The molecule has 2 heterocycles. The highest BCUT2D eigenvalue weighted by Gasteiger charge is 2.32. The molecule has 2 aliphatic rings. The highest BCUT2D eigenvalue weighted by atomic mass is 16.5. The molecule has 4 heteroatoms. The van der Waals surface area contributed by atoms with Crippen molar-refractivity contribution in [2.75, 3.05) is 53.0 Å². The zero-order valence-electron chi connectivity index (χ0n) is 12.0. The van der Waals surface area contributed by atoms with E-state index < -0.39 is 0 Å². The van der Waals surface area contributed by atoms with Crippen LogP contribution in [0.3, 0.4) is 0 Å². The molecule has 18 heavy (non-hydrogen) atoms. The Morgan fingerprint density at radius 1 is 1.28 bits per heavy atom. The molecule has 2 fully saturated rings. The Morgan fingerprint density at radius 2 is 2.06 bits per heavy atom. The first-order valence-corrected chi connectivity index (χ1v) is 7.53.